The fourth-order valence-electron chi connectivity index (χ4n) is 1.16. The zero-order valence-corrected chi connectivity index (χ0v) is 9.59. The lowest BCUT2D eigenvalue weighted by Crippen LogP contribution is -2.35. The number of sulfonamides is 1. The minimum absolute atomic E-state index is 0.182. The minimum Gasteiger partial charge on any atom is -0.508 e. The molecule has 0 bridgehead atoms. The topological polar surface area (TPSA) is 57.6 Å². The van der Waals surface area contributed by atoms with Crippen LogP contribution in [0.1, 0.15) is 0 Å². The van der Waals surface area contributed by atoms with E-state index < -0.39 is 22.7 Å². The molecule has 1 aromatic rings. The van der Waals surface area contributed by atoms with Gasteiger partial charge in [0, 0.05) is 7.05 Å². The molecule has 0 heterocycles. The Bertz CT molecular complexity index is 498. The van der Waals surface area contributed by atoms with Crippen molar-refractivity contribution < 1.29 is 26.7 Å². The van der Waals surface area contributed by atoms with Gasteiger partial charge in [-0.25, -0.2) is 8.42 Å². The van der Waals surface area contributed by atoms with E-state index in [4.69, 9.17) is 5.11 Å². The highest BCUT2D eigenvalue weighted by molar-refractivity contribution is 7.89. The second-order valence-corrected chi connectivity index (χ2v) is 5.42. The van der Waals surface area contributed by atoms with Crippen molar-refractivity contribution in [3.05, 3.63) is 24.3 Å². The van der Waals surface area contributed by atoms with Crippen LogP contribution in [0.15, 0.2) is 29.2 Å². The number of aromatic hydroxyl groups is 1. The Balaban J connectivity index is 3.04. The van der Waals surface area contributed by atoms with Crippen LogP contribution >= 0.6 is 0 Å². The number of alkyl halides is 3. The van der Waals surface area contributed by atoms with Crippen molar-refractivity contribution >= 4 is 10.0 Å². The van der Waals surface area contributed by atoms with Crippen LogP contribution in [0.4, 0.5) is 13.2 Å². The molecule has 0 fully saturated rings. The van der Waals surface area contributed by atoms with Gasteiger partial charge in [0.15, 0.2) is 0 Å². The Morgan fingerprint density at radius 2 is 1.94 bits per heavy atom. The van der Waals surface area contributed by atoms with Gasteiger partial charge in [-0.05, 0) is 18.2 Å². The van der Waals surface area contributed by atoms with Crippen LogP contribution in [0.25, 0.3) is 0 Å². The Labute approximate surface area is 96.3 Å². The Hall–Kier alpha value is -1.28. The van der Waals surface area contributed by atoms with Gasteiger partial charge in [-0.2, -0.15) is 17.5 Å². The van der Waals surface area contributed by atoms with Crippen molar-refractivity contribution in [2.45, 2.75) is 11.1 Å². The summed E-state index contributed by atoms with van der Waals surface area (Å²) in [6.07, 6.45) is -4.61. The molecule has 0 aliphatic rings. The number of nitrogens with zero attached hydrogens (tertiary/aromatic N) is 1. The number of rotatable bonds is 3. The SMILES string of the molecule is CN(CC(F)(F)F)S(=O)(=O)c1cccc(O)c1. The maximum Gasteiger partial charge on any atom is 0.402 e. The van der Waals surface area contributed by atoms with Gasteiger partial charge in [-0.3, -0.25) is 0 Å². The van der Waals surface area contributed by atoms with Crippen LogP contribution in [0.5, 0.6) is 5.75 Å². The van der Waals surface area contributed by atoms with Crippen molar-refractivity contribution in [3.8, 4) is 5.75 Å². The van der Waals surface area contributed by atoms with Crippen LogP contribution in [0, 0.1) is 0 Å². The molecule has 4 nitrogen and oxygen atoms in total. The zero-order chi connectivity index (χ0) is 13.3. The van der Waals surface area contributed by atoms with E-state index in [0.29, 0.717) is 0 Å². The lowest BCUT2D eigenvalue weighted by molar-refractivity contribution is -0.134. The van der Waals surface area contributed by atoms with Gasteiger partial charge in [-0.15, -0.1) is 0 Å². The number of phenolic OH excluding ortho intramolecular Hbond substituents is 1. The number of hydrogen-bond donors (Lipinski definition) is 1. The Morgan fingerprint density at radius 1 is 1.35 bits per heavy atom. The van der Waals surface area contributed by atoms with Crippen molar-refractivity contribution in [3.63, 3.8) is 0 Å². The van der Waals surface area contributed by atoms with Gasteiger partial charge in [-0.1, -0.05) is 6.07 Å². The van der Waals surface area contributed by atoms with Crippen molar-refractivity contribution in [2.75, 3.05) is 13.6 Å². The molecule has 0 amide bonds. The van der Waals surface area contributed by atoms with Crippen LogP contribution in [-0.2, 0) is 10.0 Å². The molecule has 0 aliphatic carbocycles. The maximum absolute atomic E-state index is 12.1. The highest BCUT2D eigenvalue weighted by atomic mass is 32.2. The van der Waals surface area contributed by atoms with Crippen molar-refractivity contribution in [1.82, 2.24) is 4.31 Å². The average molecular weight is 269 g/mol. The molecule has 0 unspecified atom stereocenters. The third-order valence-corrected chi connectivity index (χ3v) is 3.73. The largest absolute Gasteiger partial charge is 0.508 e. The summed E-state index contributed by atoms with van der Waals surface area (Å²) in [5.74, 6) is -0.327. The second-order valence-electron chi connectivity index (χ2n) is 3.37. The van der Waals surface area contributed by atoms with E-state index >= 15 is 0 Å². The molecule has 0 atom stereocenters. The highest BCUT2D eigenvalue weighted by Crippen LogP contribution is 2.23. The van der Waals surface area contributed by atoms with E-state index in [1.807, 2.05) is 0 Å². The molecule has 1 N–H and O–H groups in total. The smallest absolute Gasteiger partial charge is 0.402 e. The fourth-order valence-corrected chi connectivity index (χ4v) is 2.36. The summed E-state index contributed by atoms with van der Waals surface area (Å²) in [6, 6.07) is 4.47. The predicted molar refractivity (Wildman–Crippen MR) is 54.0 cm³/mol. The second kappa shape index (κ2) is 4.53. The summed E-state index contributed by atoms with van der Waals surface area (Å²) in [6.45, 7) is -1.58. The maximum atomic E-state index is 12.1. The zero-order valence-electron chi connectivity index (χ0n) is 8.77. The van der Waals surface area contributed by atoms with Crippen molar-refractivity contribution in [2.24, 2.45) is 0 Å². The summed E-state index contributed by atoms with van der Waals surface area (Å²) < 4.78 is 59.8. The molecule has 17 heavy (non-hydrogen) atoms. The van der Waals surface area contributed by atoms with Crippen LogP contribution in [0.3, 0.4) is 0 Å². The van der Waals surface area contributed by atoms with Crippen LogP contribution < -0.4 is 0 Å². The molecule has 0 radical (unpaired) electrons. The van der Waals surface area contributed by atoms with E-state index in [1.165, 1.54) is 12.1 Å². The first-order chi connectivity index (χ1) is 7.63. The van der Waals surface area contributed by atoms with E-state index in [9.17, 15) is 21.6 Å². The molecule has 0 saturated heterocycles. The molecule has 96 valence electrons. The standard InChI is InChI=1S/C9H10F3NO3S/c1-13(6-9(10,11)12)17(15,16)8-4-2-3-7(14)5-8/h2-5,14H,6H2,1H3. The Kier molecular flexibility index (Phi) is 3.68. The number of hydrogen-bond acceptors (Lipinski definition) is 3. The molecule has 1 aromatic carbocycles. The Morgan fingerprint density at radius 3 is 2.41 bits per heavy atom. The molecular formula is C9H10F3NO3S. The summed E-state index contributed by atoms with van der Waals surface area (Å²) >= 11 is 0. The molecule has 0 aliphatic heterocycles. The molecule has 0 saturated carbocycles. The first-order valence-electron chi connectivity index (χ1n) is 4.45. The summed E-state index contributed by atoms with van der Waals surface area (Å²) in [4.78, 5) is -0.385. The molecule has 8 heteroatoms. The number of benzene rings is 1. The molecular weight excluding hydrogens is 259 g/mol. The quantitative estimate of drug-likeness (QED) is 0.906. The number of halogens is 3. The lowest BCUT2D eigenvalue weighted by atomic mass is 10.3. The first-order valence-corrected chi connectivity index (χ1v) is 5.89. The first kappa shape index (κ1) is 13.8. The number of phenols is 1. The van der Waals surface area contributed by atoms with Gasteiger partial charge < -0.3 is 5.11 Å². The minimum atomic E-state index is -4.61. The van der Waals surface area contributed by atoms with E-state index in [0.717, 1.165) is 19.2 Å². The molecule has 1 rings (SSSR count). The van der Waals surface area contributed by atoms with Crippen LogP contribution in [0.2, 0.25) is 0 Å². The van der Waals surface area contributed by atoms with Gasteiger partial charge in [0.2, 0.25) is 10.0 Å². The van der Waals surface area contributed by atoms with E-state index in [1.54, 1.807) is 0 Å². The summed E-state index contributed by atoms with van der Waals surface area (Å²) in [5.41, 5.74) is 0. The monoisotopic (exact) mass is 269 g/mol. The molecule has 0 aromatic heterocycles. The van der Waals surface area contributed by atoms with Crippen molar-refractivity contribution in [1.29, 1.82) is 0 Å². The lowest BCUT2D eigenvalue weighted by Gasteiger charge is -2.18. The van der Waals surface area contributed by atoms with Gasteiger partial charge in [0.1, 0.15) is 12.3 Å². The summed E-state index contributed by atoms with van der Waals surface area (Å²) in [7, 11) is -3.42. The van der Waals surface area contributed by atoms with Crippen LogP contribution in [-0.4, -0.2) is 37.6 Å². The predicted octanol–water partition coefficient (Wildman–Crippen LogP) is 1.57. The summed E-state index contributed by atoms with van der Waals surface area (Å²) in [5, 5.41) is 9.09. The van der Waals surface area contributed by atoms with E-state index in [2.05, 4.69) is 0 Å². The van der Waals surface area contributed by atoms with Gasteiger partial charge in [0.05, 0.1) is 4.90 Å². The third-order valence-electron chi connectivity index (χ3n) is 1.93. The molecule has 0 spiro atoms. The normalized spacial score (nSPS) is 13.0. The fraction of sp³-hybridized carbons (Fsp3) is 0.333. The average Bonchev–Trinajstić information content (AvgIpc) is 2.15. The third kappa shape index (κ3) is 3.60. The van der Waals surface area contributed by atoms with Gasteiger partial charge >= 0.3 is 6.18 Å². The van der Waals surface area contributed by atoms with Gasteiger partial charge in [0.25, 0.3) is 0 Å². The highest BCUT2D eigenvalue weighted by Gasteiger charge is 2.34. The van der Waals surface area contributed by atoms with E-state index in [-0.39, 0.29) is 15.0 Å².